The van der Waals surface area contributed by atoms with Crippen molar-refractivity contribution in [3.8, 4) is 0 Å². The minimum Gasteiger partial charge on any atom is -0.392 e. The standard InChI is InChI=1S/C26H43NO3S/c1-3-4-11-26(2,30)12-8-9-22-23-17-20(16-21(23)18-24(22)28)19-31-15-10-25(29)27-13-6-5-7-14-27/h8-9,16,21-24,28,30H,3-7,10-15,17-19H2,1-2H3/t21-,22+,23-,24+,26-/m0/s1. The highest BCUT2D eigenvalue weighted by Crippen LogP contribution is 2.47. The number of unbranched alkanes of at least 4 members (excludes halogenated alkanes) is 1. The van der Waals surface area contributed by atoms with E-state index in [0.29, 0.717) is 30.6 Å². The molecule has 1 heterocycles. The maximum absolute atomic E-state index is 12.3. The Morgan fingerprint density at radius 1 is 1.32 bits per heavy atom. The van der Waals surface area contributed by atoms with Crippen LogP contribution in [-0.2, 0) is 4.79 Å². The number of hydrogen-bond acceptors (Lipinski definition) is 4. The zero-order valence-electron chi connectivity index (χ0n) is 19.6. The average Bonchev–Trinajstić information content (AvgIpc) is 3.27. The van der Waals surface area contributed by atoms with Gasteiger partial charge in [-0.2, -0.15) is 11.8 Å². The summed E-state index contributed by atoms with van der Waals surface area (Å²) in [7, 11) is 0. The van der Waals surface area contributed by atoms with E-state index in [2.05, 4.69) is 25.2 Å². The topological polar surface area (TPSA) is 60.8 Å². The van der Waals surface area contributed by atoms with Crippen molar-refractivity contribution in [1.82, 2.24) is 4.90 Å². The van der Waals surface area contributed by atoms with E-state index in [4.69, 9.17) is 0 Å². The minimum atomic E-state index is -0.642. The number of allylic oxidation sites excluding steroid dienone is 1. The highest BCUT2D eigenvalue weighted by Gasteiger charge is 2.43. The van der Waals surface area contributed by atoms with Crippen LogP contribution >= 0.6 is 11.8 Å². The Morgan fingerprint density at radius 3 is 2.84 bits per heavy atom. The summed E-state index contributed by atoms with van der Waals surface area (Å²) in [6.07, 6.45) is 16.2. The van der Waals surface area contributed by atoms with Gasteiger partial charge in [0.15, 0.2) is 0 Å². The van der Waals surface area contributed by atoms with Gasteiger partial charge in [0.1, 0.15) is 0 Å². The third-order valence-electron chi connectivity index (χ3n) is 7.39. The summed E-state index contributed by atoms with van der Waals surface area (Å²) < 4.78 is 0. The molecule has 2 aliphatic carbocycles. The second-order valence-electron chi connectivity index (χ2n) is 10.2. The molecule has 3 rings (SSSR count). The fraction of sp³-hybridized carbons (Fsp3) is 0.808. The van der Waals surface area contributed by atoms with Gasteiger partial charge in [-0.15, -0.1) is 0 Å². The maximum Gasteiger partial charge on any atom is 0.223 e. The zero-order valence-corrected chi connectivity index (χ0v) is 20.4. The summed E-state index contributed by atoms with van der Waals surface area (Å²) in [4.78, 5) is 14.3. The summed E-state index contributed by atoms with van der Waals surface area (Å²) in [5, 5.41) is 21.1. The van der Waals surface area contributed by atoms with Gasteiger partial charge < -0.3 is 15.1 Å². The van der Waals surface area contributed by atoms with Crippen molar-refractivity contribution in [2.24, 2.45) is 17.8 Å². The number of nitrogens with zero attached hydrogens (tertiary/aromatic N) is 1. The Balaban J connectivity index is 1.39. The molecular weight excluding hydrogens is 406 g/mol. The second-order valence-corrected chi connectivity index (χ2v) is 11.3. The van der Waals surface area contributed by atoms with E-state index in [1.165, 1.54) is 12.0 Å². The van der Waals surface area contributed by atoms with Crippen LogP contribution < -0.4 is 0 Å². The lowest BCUT2D eigenvalue weighted by Gasteiger charge is -2.26. The molecule has 2 N–H and O–H groups in total. The lowest BCUT2D eigenvalue weighted by Crippen LogP contribution is -2.35. The van der Waals surface area contributed by atoms with Crippen molar-refractivity contribution in [1.29, 1.82) is 0 Å². The number of aliphatic hydroxyl groups is 2. The lowest BCUT2D eigenvalue weighted by atomic mass is 9.88. The maximum atomic E-state index is 12.3. The van der Waals surface area contributed by atoms with Crippen LogP contribution in [0.4, 0.5) is 0 Å². The number of rotatable bonds is 11. The van der Waals surface area contributed by atoms with Crippen molar-refractivity contribution in [2.75, 3.05) is 24.6 Å². The SMILES string of the molecule is CCCC[C@](C)(O)CC=C[C@@H]1[C@H]2CC(CSCCC(=O)N3CCCCC3)=C[C@H]2C[C@H]1O. The highest BCUT2D eigenvalue weighted by molar-refractivity contribution is 7.99. The summed E-state index contributed by atoms with van der Waals surface area (Å²) >= 11 is 1.88. The molecule has 1 saturated heterocycles. The fourth-order valence-corrected chi connectivity index (χ4v) is 6.45. The molecule has 1 aliphatic heterocycles. The van der Waals surface area contributed by atoms with Gasteiger partial charge >= 0.3 is 0 Å². The van der Waals surface area contributed by atoms with Gasteiger partial charge in [-0.05, 0) is 63.7 Å². The molecule has 0 aromatic carbocycles. The van der Waals surface area contributed by atoms with Crippen LogP contribution in [0.5, 0.6) is 0 Å². The van der Waals surface area contributed by atoms with Crippen LogP contribution in [0.1, 0.15) is 78.1 Å². The number of hydrogen-bond donors (Lipinski definition) is 2. The van der Waals surface area contributed by atoms with E-state index in [-0.39, 0.29) is 12.0 Å². The molecular formula is C26H43NO3S. The molecule has 0 radical (unpaired) electrons. The third kappa shape index (κ3) is 7.36. The first-order chi connectivity index (χ1) is 14.9. The quantitative estimate of drug-likeness (QED) is 0.346. The molecule has 176 valence electrons. The third-order valence-corrected chi connectivity index (χ3v) is 8.46. The van der Waals surface area contributed by atoms with Crippen molar-refractivity contribution in [2.45, 2.75) is 89.8 Å². The Bertz CT molecular complexity index is 639. The number of carbonyl (C=O) groups excluding carboxylic acids is 1. The summed E-state index contributed by atoms with van der Waals surface area (Å²) in [6.45, 7) is 5.96. The molecule has 5 atom stereocenters. The van der Waals surface area contributed by atoms with E-state index < -0.39 is 5.60 Å². The molecule has 1 saturated carbocycles. The minimum absolute atomic E-state index is 0.200. The van der Waals surface area contributed by atoms with E-state index >= 15 is 0 Å². The van der Waals surface area contributed by atoms with Crippen LogP contribution in [0.2, 0.25) is 0 Å². The number of fused-ring (bicyclic) bond motifs is 1. The van der Waals surface area contributed by atoms with E-state index in [1.54, 1.807) is 0 Å². The van der Waals surface area contributed by atoms with Gasteiger partial charge in [-0.25, -0.2) is 0 Å². The smallest absolute Gasteiger partial charge is 0.223 e. The lowest BCUT2D eigenvalue weighted by molar-refractivity contribution is -0.131. The summed E-state index contributed by atoms with van der Waals surface area (Å²) in [5.74, 6) is 3.42. The molecule has 0 unspecified atom stereocenters. The van der Waals surface area contributed by atoms with Crippen molar-refractivity contribution >= 4 is 17.7 Å². The summed E-state index contributed by atoms with van der Waals surface area (Å²) in [6, 6.07) is 0. The molecule has 31 heavy (non-hydrogen) atoms. The van der Waals surface area contributed by atoms with Crippen molar-refractivity contribution in [3.63, 3.8) is 0 Å². The van der Waals surface area contributed by atoms with E-state index in [1.807, 2.05) is 23.6 Å². The van der Waals surface area contributed by atoms with Gasteiger partial charge in [0.05, 0.1) is 11.7 Å². The first-order valence-electron chi connectivity index (χ1n) is 12.5. The number of thioether (sulfide) groups is 1. The largest absolute Gasteiger partial charge is 0.392 e. The Labute approximate surface area is 193 Å². The first-order valence-corrected chi connectivity index (χ1v) is 13.7. The first kappa shape index (κ1) is 24.9. The molecule has 1 amide bonds. The van der Waals surface area contributed by atoms with Crippen LogP contribution in [0.25, 0.3) is 0 Å². The van der Waals surface area contributed by atoms with Gasteiger partial charge in [0.2, 0.25) is 5.91 Å². The van der Waals surface area contributed by atoms with Crippen molar-refractivity contribution in [3.05, 3.63) is 23.8 Å². The molecule has 0 aromatic heterocycles. The number of carbonyl (C=O) groups is 1. The number of likely N-dealkylation sites (tertiary alicyclic amines) is 1. The van der Waals surface area contributed by atoms with Gasteiger partial charge in [0.25, 0.3) is 0 Å². The van der Waals surface area contributed by atoms with Crippen LogP contribution in [0, 0.1) is 17.8 Å². The Hall–Kier alpha value is -0.780. The molecule has 2 fully saturated rings. The Kier molecular flexibility index (Phi) is 9.54. The number of piperidine rings is 1. The second kappa shape index (κ2) is 11.9. The highest BCUT2D eigenvalue weighted by atomic mass is 32.2. The molecule has 3 aliphatic rings. The molecule has 4 nitrogen and oxygen atoms in total. The Morgan fingerprint density at radius 2 is 2.10 bits per heavy atom. The van der Waals surface area contributed by atoms with Gasteiger partial charge in [-0.3, -0.25) is 4.79 Å². The van der Waals surface area contributed by atoms with Crippen molar-refractivity contribution < 1.29 is 15.0 Å². The van der Waals surface area contributed by atoms with Gasteiger partial charge in [-0.1, -0.05) is 43.6 Å². The van der Waals surface area contributed by atoms with E-state index in [0.717, 1.165) is 69.5 Å². The van der Waals surface area contributed by atoms with Crippen LogP contribution in [-0.4, -0.2) is 57.3 Å². The molecule has 0 bridgehead atoms. The predicted molar refractivity (Wildman–Crippen MR) is 130 cm³/mol. The molecule has 0 aromatic rings. The molecule has 0 spiro atoms. The zero-order chi connectivity index (χ0) is 22.3. The monoisotopic (exact) mass is 449 g/mol. The number of amides is 1. The van der Waals surface area contributed by atoms with Crippen LogP contribution in [0.15, 0.2) is 23.8 Å². The average molecular weight is 450 g/mol. The number of aliphatic hydroxyl groups excluding tert-OH is 1. The predicted octanol–water partition coefficient (Wildman–Crippen LogP) is 4.95. The van der Waals surface area contributed by atoms with E-state index in [9.17, 15) is 15.0 Å². The van der Waals surface area contributed by atoms with Gasteiger partial charge in [0, 0.05) is 36.9 Å². The fourth-order valence-electron chi connectivity index (χ4n) is 5.52. The normalized spacial score (nSPS) is 30.5. The molecule has 5 heteroatoms. The van der Waals surface area contributed by atoms with Crippen LogP contribution in [0.3, 0.4) is 0 Å². The summed E-state index contributed by atoms with van der Waals surface area (Å²) in [5.41, 5.74) is 0.849.